The summed E-state index contributed by atoms with van der Waals surface area (Å²) in [6.07, 6.45) is 5.11. The lowest BCUT2D eigenvalue weighted by atomic mass is 9.48. The van der Waals surface area contributed by atoms with Gasteiger partial charge in [-0.1, -0.05) is 57.3 Å². The van der Waals surface area contributed by atoms with Crippen LogP contribution in [0.25, 0.3) is 0 Å². The molecule has 0 aromatic carbocycles. The first kappa shape index (κ1) is 22.7. The van der Waals surface area contributed by atoms with Crippen molar-refractivity contribution >= 4 is 45.3 Å². The van der Waals surface area contributed by atoms with E-state index in [4.69, 9.17) is 0 Å². The van der Waals surface area contributed by atoms with Crippen LogP contribution in [0, 0.1) is 17.3 Å². The molecule has 30 heavy (non-hydrogen) atoms. The molecule has 2 aliphatic carbocycles. The molecule has 0 radical (unpaired) electrons. The van der Waals surface area contributed by atoms with Gasteiger partial charge in [-0.3, -0.25) is 9.59 Å². The number of nitrogens with one attached hydrogen (secondary N) is 2. The lowest BCUT2D eigenvalue weighted by Crippen LogP contribution is -2.45. The molecule has 8 nitrogen and oxygen atoms in total. The number of amides is 2. The van der Waals surface area contributed by atoms with Crippen LogP contribution in [0.5, 0.6) is 0 Å². The third-order valence-electron chi connectivity index (χ3n) is 5.23. The largest absolute Gasteiger partial charge is 0.303 e. The minimum Gasteiger partial charge on any atom is -0.303 e. The standard InChI is InChI=1S/C16H20N6O2S2.C4H10/c1-8(2)11(24)18-15-22-20-13(26-15)10-5-16(6-10)3-9(4-16)12-19-21-14(25-12)17-7-23;1-4(2)3/h7-10H,3-6H2,1-2H3,(H,17,21,23)(H,18,22,24);4H,1-3H3. The van der Waals surface area contributed by atoms with Crippen LogP contribution in [0.4, 0.5) is 10.3 Å². The number of carbonyl (C=O) groups is 2. The summed E-state index contributed by atoms with van der Waals surface area (Å²) in [5, 5.41) is 25.1. The third kappa shape index (κ3) is 5.40. The quantitative estimate of drug-likeness (QED) is 0.620. The fraction of sp³-hybridized carbons (Fsp3) is 0.700. The molecule has 2 amide bonds. The number of hydrogen-bond acceptors (Lipinski definition) is 8. The Bertz CT molecular complexity index is 862. The van der Waals surface area contributed by atoms with Gasteiger partial charge in [-0.25, -0.2) is 0 Å². The summed E-state index contributed by atoms with van der Waals surface area (Å²) in [5.74, 6) is 1.63. The predicted octanol–water partition coefficient (Wildman–Crippen LogP) is 4.66. The summed E-state index contributed by atoms with van der Waals surface area (Å²) < 4.78 is 0. The van der Waals surface area contributed by atoms with Crippen molar-refractivity contribution in [1.29, 1.82) is 0 Å². The van der Waals surface area contributed by atoms with Crippen molar-refractivity contribution in [3.63, 3.8) is 0 Å². The number of aromatic nitrogens is 4. The molecule has 2 fully saturated rings. The number of rotatable bonds is 6. The molecular weight excluding hydrogens is 420 g/mol. The van der Waals surface area contributed by atoms with E-state index in [2.05, 4.69) is 51.8 Å². The Labute approximate surface area is 185 Å². The molecular formula is C20H30N6O2S2. The monoisotopic (exact) mass is 450 g/mol. The highest BCUT2D eigenvalue weighted by molar-refractivity contribution is 7.15. The smallest absolute Gasteiger partial charge is 0.228 e. The van der Waals surface area contributed by atoms with Gasteiger partial charge < -0.3 is 10.6 Å². The molecule has 2 saturated carbocycles. The summed E-state index contributed by atoms with van der Waals surface area (Å²) >= 11 is 2.95. The highest BCUT2D eigenvalue weighted by Crippen LogP contribution is 2.66. The first-order valence-electron chi connectivity index (χ1n) is 10.4. The summed E-state index contributed by atoms with van der Waals surface area (Å²) in [6, 6.07) is 0. The number of hydrogen-bond donors (Lipinski definition) is 2. The van der Waals surface area contributed by atoms with Crippen LogP contribution < -0.4 is 10.6 Å². The Morgan fingerprint density at radius 3 is 1.87 bits per heavy atom. The molecule has 10 heteroatoms. The highest BCUT2D eigenvalue weighted by Gasteiger charge is 2.55. The van der Waals surface area contributed by atoms with Gasteiger partial charge in [0.15, 0.2) is 0 Å². The summed E-state index contributed by atoms with van der Waals surface area (Å²) in [7, 11) is 0. The third-order valence-corrected chi connectivity index (χ3v) is 7.25. The van der Waals surface area contributed by atoms with Gasteiger partial charge in [0, 0.05) is 17.8 Å². The Morgan fingerprint density at radius 1 is 0.933 bits per heavy atom. The maximum absolute atomic E-state index is 11.7. The van der Waals surface area contributed by atoms with Crippen LogP contribution in [0.3, 0.4) is 0 Å². The molecule has 1 spiro atoms. The zero-order valence-electron chi connectivity index (χ0n) is 18.1. The van der Waals surface area contributed by atoms with E-state index in [0.29, 0.717) is 33.9 Å². The molecule has 2 aliphatic rings. The number of carbonyl (C=O) groups excluding carboxylic acids is 2. The summed E-state index contributed by atoms with van der Waals surface area (Å²) in [5.41, 5.74) is 0.395. The topological polar surface area (TPSA) is 110 Å². The van der Waals surface area contributed by atoms with Crippen molar-refractivity contribution < 1.29 is 9.59 Å². The van der Waals surface area contributed by atoms with Crippen molar-refractivity contribution in [3.05, 3.63) is 10.0 Å². The second-order valence-corrected chi connectivity index (χ2v) is 11.3. The maximum atomic E-state index is 11.7. The van der Waals surface area contributed by atoms with Crippen LogP contribution in [0.15, 0.2) is 0 Å². The average molecular weight is 451 g/mol. The van der Waals surface area contributed by atoms with E-state index in [9.17, 15) is 9.59 Å². The van der Waals surface area contributed by atoms with E-state index in [-0.39, 0.29) is 11.8 Å². The van der Waals surface area contributed by atoms with Crippen LogP contribution in [-0.2, 0) is 9.59 Å². The van der Waals surface area contributed by atoms with Crippen molar-refractivity contribution in [3.8, 4) is 0 Å². The van der Waals surface area contributed by atoms with Crippen LogP contribution in [0.1, 0.15) is 82.2 Å². The van der Waals surface area contributed by atoms with Crippen molar-refractivity contribution in [2.75, 3.05) is 10.6 Å². The maximum Gasteiger partial charge on any atom is 0.228 e. The zero-order valence-corrected chi connectivity index (χ0v) is 19.8. The lowest BCUT2D eigenvalue weighted by Gasteiger charge is -2.56. The normalized spacial score (nSPS) is 24.6. The zero-order chi connectivity index (χ0) is 21.9. The molecule has 0 saturated heterocycles. The molecule has 0 atom stereocenters. The van der Waals surface area contributed by atoms with Gasteiger partial charge in [-0.2, -0.15) is 0 Å². The molecule has 4 rings (SSSR count). The second kappa shape index (κ2) is 9.47. The average Bonchev–Trinajstić information content (AvgIpc) is 3.22. The molecule has 2 aromatic rings. The minimum absolute atomic E-state index is 0.0277. The van der Waals surface area contributed by atoms with E-state index in [1.54, 1.807) is 0 Å². The van der Waals surface area contributed by atoms with Crippen LogP contribution in [-0.4, -0.2) is 32.7 Å². The van der Waals surface area contributed by atoms with Gasteiger partial charge in [0.2, 0.25) is 22.6 Å². The molecule has 2 aromatic heterocycles. The SMILES string of the molecule is CC(C)C.CC(C)C(=O)Nc1nnc(C2CC3(CC(c4nnc(NC=O)s4)C3)C2)s1. The number of nitrogens with zero attached hydrogens (tertiary/aromatic N) is 4. The fourth-order valence-corrected chi connectivity index (χ4v) is 5.51. The van der Waals surface area contributed by atoms with Crippen molar-refractivity contribution in [2.45, 2.75) is 72.1 Å². The Balaban J connectivity index is 0.000000589. The van der Waals surface area contributed by atoms with E-state index in [1.807, 2.05) is 13.8 Å². The molecule has 2 N–H and O–H groups in total. The predicted molar refractivity (Wildman–Crippen MR) is 120 cm³/mol. The van der Waals surface area contributed by atoms with Gasteiger partial charge in [0.25, 0.3) is 0 Å². The number of anilines is 2. The first-order valence-corrected chi connectivity index (χ1v) is 12.0. The van der Waals surface area contributed by atoms with E-state index < -0.39 is 0 Å². The molecule has 0 bridgehead atoms. The molecule has 0 aliphatic heterocycles. The van der Waals surface area contributed by atoms with Gasteiger partial charge in [-0.15, -0.1) is 20.4 Å². The second-order valence-electron chi connectivity index (χ2n) is 9.24. The first-order chi connectivity index (χ1) is 14.2. The Morgan fingerprint density at radius 2 is 1.40 bits per heavy atom. The van der Waals surface area contributed by atoms with E-state index >= 15 is 0 Å². The fourth-order valence-electron chi connectivity index (χ4n) is 3.86. The Hall–Kier alpha value is -1.94. The van der Waals surface area contributed by atoms with Gasteiger partial charge in [0.05, 0.1) is 0 Å². The summed E-state index contributed by atoms with van der Waals surface area (Å²) in [4.78, 5) is 22.2. The lowest BCUT2D eigenvalue weighted by molar-refractivity contribution is -0.118. The van der Waals surface area contributed by atoms with Crippen LogP contribution in [0.2, 0.25) is 0 Å². The van der Waals surface area contributed by atoms with E-state index in [0.717, 1.165) is 41.6 Å². The molecule has 0 unspecified atom stereocenters. The van der Waals surface area contributed by atoms with Gasteiger partial charge in [-0.05, 0) is 37.0 Å². The van der Waals surface area contributed by atoms with Crippen molar-refractivity contribution in [2.24, 2.45) is 17.3 Å². The Kier molecular flexibility index (Phi) is 7.18. The molecule has 2 heterocycles. The van der Waals surface area contributed by atoms with Gasteiger partial charge >= 0.3 is 0 Å². The summed E-state index contributed by atoms with van der Waals surface area (Å²) in [6.45, 7) is 10.2. The highest BCUT2D eigenvalue weighted by atomic mass is 32.1. The van der Waals surface area contributed by atoms with Crippen molar-refractivity contribution in [1.82, 2.24) is 20.4 Å². The molecule has 164 valence electrons. The van der Waals surface area contributed by atoms with Crippen LogP contribution >= 0.6 is 22.7 Å². The van der Waals surface area contributed by atoms with Gasteiger partial charge in [0.1, 0.15) is 10.0 Å². The minimum atomic E-state index is -0.0659. The van der Waals surface area contributed by atoms with E-state index in [1.165, 1.54) is 22.7 Å².